The summed E-state index contributed by atoms with van der Waals surface area (Å²) in [4.78, 5) is 28.4. The Bertz CT molecular complexity index is 1040. The first-order valence-electron chi connectivity index (χ1n) is 9.14. The van der Waals surface area contributed by atoms with Gasteiger partial charge in [-0.1, -0.05) is 12.1 Å². The van der Waals surface area contributed by atoms with E-state index in [0.29, 0.717) is 28.4 Å². The Labute approximate surface area is 167 Å². The standard InChI is InChI=1S/C22H19NO6/c1-26-16-5-3-4-15(12-16)20-23-17(22(25)29-20)10-13-6-9-18(19(11-13)27-2)28-21(24)14-7-8-14/h3-6,9-12,14H,7-8H2,1-2H3/b17-10+. The second-order valence-corrected chi connectivity index (χ2v) is 6.67. The van der Waals surface area contributed by atoms with Crippen LogP contribution >= 0.6 is 0 Å². The lowest BCUT2D eigenvalue weighted by molar-refractivity contribution is -0.136. The highest BCUT2D eigenvalue weighted by Gasteiger charge is 2.32. The Morgan fingerprint density at radius 1 is 1.10 bits per heavy atom. The summed E-state index contributed by atoms with van der Waals surface area (Å²) in [6.07, 6.45) is 3.31. The SMILES string of the molecule is COc1cccc(C2=N/C(=C/c3ccc(OC(=O)C4CC4)c(OC)c3)C(=O)O2)c1. The third-order valence-corrected chi connectivity index (χ3v) is 4.55. The number of hydrogen-bond donors (Lipinski definition) is 0. The van der Waals surface area contributed by atoms with Crippen LogP contribution in [0, 0.1) is 5.92 Å². The summed E-state index contributed by atoms with van der Waals surface area (Å²) in [6.45, 7) is 0. The minimum atomic E-state index is -0.550. The van der Waals surface area contributed by atoms with Crippen molar-refractivity contribution in [3.63, 3.8) is 0 Å². The average Bonchev–Trinajstić information content (AvgIpc) is 3.53. The van der Waals surface area contributed by atoms with Gasteiger partial charge in [-0.15, -0.1) is 0 Å². The molecule has 4 rings (SSSR count). The monoisotopic (exact) mass is 393 g/mol. The number of carbonyl (C=O) groups excluding carboxylic acids is 2. The van der Waals surface area contributed by atoms with Crippen LogP contribution in [0.2, 0.25) is 0 Å². The second kappa shape index (κ2) is 7.79. The van der Waals surface area contributed by atoms with Gasteiger partial charge in [0.25, 0.3) is 0 Å². The average molecular weight is 393 g/mol. The van der Waals surface area contributed by atoms with Gasteiger partial charge in [-0.3, -0.25) is 4.79 Å². The topological polar surface area (TPSA) is 83.4 Å². The molecule has 0 atom stereocenters. The Kier molecular flexibility index (Phi) is 5.03. The number of aliphatic imine (C=N–C) groups is 1. The van der Waals surface area contributed by atoms with E-state index in [0.717, 1.165) is 12.8 Å². The molecule has 0 N–H and O–H groups in total. The highest BCUT2D eigenvalue weighted by molar-refractivity contribution is 6.13. The molecule has 0 spiro atoms. The van der Waals surface area contributed by atoms with Gasteiger partial charge in [0.2, 0.25) is 5.90 Å². The lowest BCUT2D eigenvalue weighted by Crippen LogP contribution is -2.10. The zero-order valence-corrected chi connectivity index (χ0v) is 16.0. The molecule has 1 aliphatic carbocycles. The van der Waals surface area contributed by atoms with E-state index in [1.165, 1.54) is 7.11 Å². The predicted molar refractivity (Wildman–Crippen MR) is 105 cm³/mol. The van der Waals surface area contributed by atoms with Crippen LogP contribution in [-0.2, 0) is 14.3 Å². The van der Waals surface area contributed by atoms with Crippen molar-refractivity contribution in [2.24, 2.45) is 10.9 Å². The molecule has 0 unspecified atom stereocenters. The van der Waals surface area contributed by atoms with Crippen LogP contribution in [-0.4, -0.2) is 32.1 Å². The van der Waals surface area contributed by atoms with E-state index in [1.54, 1.807) is 55.7 Å². The number of nitrogens with zero attached hydrogens (tertiary/aromatic N) is 1. The predicted octanol–water partition coefficient (Wildman–Crippen LogP) is 3.36. The van der Waals surface area contributed by atoms with Gasteiger partial charge in [-0.05, 0) is 54.8 Å². The molecule has 0 bridgehead atoms. The van der Waals surface area contributed by atoms with Crippen molar-refractivity contribution >= 4 is 23.9 Å². The first-order valence-corrected chi connectivity index (χ1v) is 9.14. The van der Waals surface area contributed by atoms with Crippen LogP contribution in [0.5, 0.6) is 17.2 Å². The van der Waals surface area contributed by atoms with E-state index in [9.17, 15) is 9.59 Å². The first-order chi connectivity index (χ1) is 14.1. The summed E-state index contributed by atoms with van der Waals surface area (Å²) in [5.74, 6) is 0.783. The quantitative estimate of drug-likeness (QED) is 0.425. The zero-order chi connectivity index (χ0) is 20.4. The van der Waals surface area contributed by atoms with Crippen molar-refractivity contribution in [1.29, 1.82) is 0 Å². The number of esters is 2. The van der Waals surface area contributed by atoms with E-state index in [1.807, 2.05) is 0 Å². The van der Waals surface area contributed by atoms with Gasteiger partial charge in [0, 0.05) is 5.56 Å². The summed E-state index contributed by atoms with van der Waals surface area (Å²) < 4.78 is 21.2. The van der Waals surface area contributed by atoms with Gasteiger partial charge < -0.3 is 18.9 Å². The number of ether oxygens (including phenoxy) is 4. The fraction of sp³-hybridized carbons (Fsp3) is 0.227. The molecule has 1 aliphatic heterocycles. The highest BCUT2D eigenvalue weighted by Crippen LogP contribution is 2.34. The fourth-order valence-corrected chi connectivity index (χ4v) is 2.82. The van der Waals surface area contributed by atoms with Crippen LogP contribution in [0.25, 0.3) is 6.08 Å². The van der Waals surface area contributed by atoms with E-state index in [-0.39, 0.29) is 23.5 Å². The summed E-state index contributed by atoms with van der Waals surface area (Å²) in [6, 6.07) is 12.1. The number of carbonyl (C=O) groups is 2. The molecule has 148 valence electrons. The maximum Gasteiger partial charge on any atom is 0.363 e. The molecular weight excluding hydrogens is 374 g/mol. The third-order valence-electron chi connectivity index (χ3n) is 4.55. The summed E-state index contributed by atoms with van der Waals surface area (Å²) in [5, 5.41) is 0. The van der Waals surface area contributed by atoms with Crippen LogP contribution < -0.4 is 14.2 Å². The lowest BCUT2D eigenvalue weighted by atomic mass is 10.1. The molecule has 2 aliphatic rings. The third kappa shape index (κ3) is 4.13. The van der Waals surface area contributed by atoms with E-state index in [2.05, 4.69) is 4.99 Å². The molecular formula is C22H19NO6. The lowest BCUT2D eigenvalue weighted by Gasteiger charge is -2.09. The van der Waals surface area contributed by atoms with Gasteiger partial charge in [0.05, 0.1) is 20.1 Å². The van der Waals surface area contributed by atoms with E-state index >= 15 is 0 Å². The summed E-state index contributed by atoms with van der Waals surface area (Å²) in [7, 11) is 3.05. The van der Waals surface area contributed by atoms with Crippen LogP contribution in [0.15, 0.2) is 53.2 Å². The Morgan fingerprint density at radius 2 is 1.93 bits per heavy atom. The molecule has 1 heterocycles. The van der Waals surface area contributed by atoms with Crippen molar-refractivity contribution < 1.29 is 28.5 Å². The first kappa shape index (κ1) is 18.7. The molecule has 7 nitrogen and oxygen atoms in total. The Morgan fingerprint density at radius 3 is 2.66 bits per heavy atom. The molecule has 29 heavy (non-hydrogen) atoms. The molecule has 2 aromatic rings. The number of benzene rings is 2. The fourth-order valence-electron chi connectivity index (χ4n) is 2.82. The Balaban J connectivity index is 1.58. The Hall–Kier alpha value is -3.61. The molecule has 1 saturated carbocycles. The number of hydrogen-bond acceptors (Lipinski definition) is 7. The molecule has 2 aromatic carbocycles. The molecule has 7 heteroatoms. The molecule has 0 radical (unpaired) electrons. The van der Waals surface area contributed by atoms with Gasteiger partial charge in [0.15, 0.2) is 17.2 Å². The number of rotatable bonds is 6. The van der Waals surface area contributed by atoms with Gasteiger partial charge in [-0.2, -0.15) is 0 Å². The van der Waals surface area contributed by atoms with Crippen LogP contribution in [0.3, 0.4) is 0 Å². The zero-order valence-electron chi connectivity index (χ0n) is 16.0. The molecule has 0 aromatic heterocycles. The summed E-state index contributed by atoms with van der Waals surface area (Å²) >= 11 is 0. The van der Waals surface area contributed by atoms with Crippen LogP contribution in [0.4, 0.5) is 0 Å². The number of cyclic esters (lactones) is 1. The number of methoxy groups -OCH3 is 2. The largest absolute Gasteiger partial charge is 0.497 e. The molecule has 1 fully saturated rings. The van der Waals surface area contributed by atoms with Gasteiger partial charge in [-0.25, -0.2) is 9.79 Å². The van der Waals surface area contributed by atoms with Crippen molar-refractivity contribution in [2.75, 3.05) is 14.2 Å². The van der Waals surface area contributed by atoms with E-state index < -0.39 is 5.97 Å². The van der Waals surface area contributed by atoms with Crippen LogP contribution in [0.1, 0.15) is 24.0 Å². The van der Waals surface area contributed by atoms with Crippen molar-refractivity contribution in [2.45, 2.75) is 12.8 Å². The summed E-state index contributed by atoms with van der Waals surface area (Å²) in [5.41, 5.74) is 1.46. The molecule has 0 saturated heterocycles. The normalized spacial score (nSPS) is 17.0. The highest BCUT2D eigenvalue weighted by atomic mass is 16.6. The van der Waals surface area contributed by atoms with Gasteiger partial charge >= 0.3 is 11.9 Å². The minimum Gasteiger partial charge on any atom is -0.497 e. The smallest absolute Gasteiger partial charge is 0.363 e. The molecule has 0 amide bonds. The van der Waals surface area contributed by atoms with Crippen molar-refractivity contribution in [1.82, 2.24) is 0 Å². The van der Waals surface area contributed by atoms with Crippen molar-refractivity contribution in [3.8, 4) is 17.2 Å². The van der Waals surface area contributed by atoms with Crippen molar-refractivity contribution in [3.05, 3.63) is 59.3 Å². The maximum absolute atomic E-state index is 12.2. The second-order valence-electron chi connectivity index (χ2n) is 6.67. The minimum absolute atomic E-state index is 0.0147. The van der Waals surface area contributed by atoms with E-state index in [4.69, 9.17) is 18.9 Å². The maximum atomic E-state index is 12.2. The van der Waals surface area contributed by atoms with Gasteiger partial charge in [0.1, 0.15) is 5.75 Å².